The molecule has 0 aliphatic carbocycles. The van der Waals surface area contributed by atoms with Crippen LogP contribution in [0.1, 0.15) is 30.5 Å². The topological polar surface area (TPSA) is 60.7 Å². The molecule has 1 unspecified atom stereocenters. The summed E-state index contributed by atoms with van der Waals surface area (Å²) >= 11 is 0. The zero-order valence-electron chi connectivity index (χ0n) is 10.2. The van der Waals surface area contributed by atoms with Gasteiger partial charge in [0.25, 0.3) is 0 Å². The molecular formula is C13H18N4. The molecule has 1 aliphatic heterocycles. The Morgan fingerprint density at radius 3 is 3.18 bits per heavy atom. The van der Waals surface area contributed by atoms with Crippen molar-refractivity contribution in [3.05, 3.63) is 23.4 Å². The highest BCUT2D eigenvalue weighted by Crippen LogP contribution is 2.13. The molecule has 0 saturated carbocycles. The Kier molecular flexibility index (Phi) is 3.94. The largest absolute Gasteiger partial charge is 0.366 e. The zero-order chi connectivity index (χ0) is 12.1. The van der Waals surface area contributed by atoms with Crippen molar-refractivity contribution in [1.82, 2.24) is 10.3 Å². The molecule has 1 atom stereocenters. The van der Waals surface area contributed by atoms with Crippen molar-refractivity contribution in [3.8, 4) is 6.07 Å². The Labute approximate surface area is 102 Å². The van der Waals surface area contributed by atoms with Crippen molar-refractivity contribution in [2.45, 2.75) is 32.2 Å². The summed E-state index contributed by atoms with van der Waals surface area (Å²) in [5, 5.41) is 15.7. The Balaban J connectivity index is 2.06. The van der Waals surface area contributed by atoms with Gasteiger partial charge in [-0.1, -0.05) is 6.42 Å². The predicted molar refractivity (Wildman–Crippen MR) is 67.8 cm³/mol. The van der Waals surface area contributed by atoms with E-state index in [-0.39, 0.29) is 0 Å². The maximum Gasteiger partial charge on any atom is 0.127 e. The van der Waals surface area contributed by atoms with Crippen LogP contribution in [0.5, 0.6) is 0 Å². The van der Waals surface area contributed by atoms with E-state index in [4.69, 9.17) is 5.26 Å². The average molecular weight is 230 g/mol. The van der Waals surface area contributed by atoms with Crippen LogP contribution in [0.15, 0.2) is 12.1 Å². The van der Waals surface area contributed by atoms with E-state index in [2.05, 4.69) is 21.7 Å². The first-order valence-electron chi connectivity index (χ1n) is 6.14. The molecule has 1 aromatic heterocycles. The predicted octanol–water partition coefficient (Wildman–Crippen LogP) is 1.82. The van der Waals surface area contributed by atoms with E-state index in [9.17, 15) is 0 Å². The first kappa shape index (κ1) is 11.9. The molecule has 1 aromatic rings. The Morgan fingerprint density at radius 1 is 1.47 bits per heavy atom. The van der Waals surface area contributed by atoms with Crippen molar-refractivity contribution >= 4 is 5.82 Å². The number of nitrogens with one attached hydrogen (secondary N) is 2. The number of aromatic nitrogens is 1. The van der Waals surface area contributed by atoms with Gasteiger partial charge in [-0.05, 0) is 38.4 Å². The maximum atomic E-state index is 8.92. The molecule has 90 valence electrons. The quantitative estimate of drug-likeness (QED) is 0.813. The van der Waals surface area contributed by atoms with Crippen molar-refractivity contribution in [1.29, 1.82) is 5.26 Å². The summed E-state index contributed by atoms with van der Waals surface area (Å²) in [6.07, 6.45) is 3.63. The number of nitriles is 1. The summed E-state index contributed by atoms with van der Waals surface area (Å²) < 4.78 is 0. The number of hydrogen-bond donors (Lipinski definition) is 2. The fourth-order valence-electron chi connectivity index (χ4n) is 2.16. The summed E-state index contributed by atoms with van der Waals surface area (Å²) in [5.41, 5.74) is 1.55. The number of rotatable bonds is 2. The van der Waals surface area contributed by atoms with Gasteiger partial charge in [0.05, 0.1) is 11.6 Å². The summed E-state index contributed by atoms with van der Waals surface area (Å²) in [4.78, 5) is 4.42. The van der Waals surface area contributed by atoms with Gasteiger partial charge in [-0.15, -0.1) is 0 Å². The molecule has 0 amide bonds. The van der Waals surface area contributed by atoms with Crippen LogP contribution >= 0.6 is 0 Å². The molecule has 1 saturated heterocycles. The van der Waals surface area contributed by atoms with Crippen molar-refractivity contribution < 1.29 is 0 Å². The molecule has 0 aromatic carbocycles. The number of aryl methyl sites for hydroxylation is 1. The van der Waals surface area contributed by atoms with Crippen LogP contribution in [0, 0.1) is 18.3 Å². The fraction of sp³-hybridized carbons (Fsp3) is 0.538. The Bertz CT molecular complexity index is 414. The molecule has 4 heteroatoms. The van der Waals surface area contributed by atoms with Gasteiger partial charge in [0.1, 0.15) is 5.82 Å². The molecule has 0 bridgehead atoms. The smallest absolute Gasteiger partial charge is 0.127 e. The number of pyridine rings is 1. The second-order valence-electron chi connectivity index (χ2n) is 4.54. The third-order valence-electron chi connectivity index (χ3n) is 2.98. The summed E-state index contributed by atoms with van der Waals surface area (Å²) in [6, 6.07) is 6.20. The van der Waals surface area contributed by atoms with Crippen molar-refractivity contribution in [2.24, 2.45) is 0 Å². The minimum atomic E-state index is 0.415. The molecular weight excluding hydrogens is 212 g/mol. The number of anilines is 1. The highest BCUT2D eigenvalue weighted by atomic mass is 15.0. The standard InChI is InChI=1S/C13H18N4/c1-10-6-11(8-14)7-13(16-10)17-12-4-2-3-5-15-9-12/h6-7,12,15H,2-5,9H2,1H3,(H,16,17). The molecule has 0 radical (unpaired) electrons. The molecule has 17 heavy (non-hydrogen) atoms. The van der Waals surface area contributed by atoms with Gasteiger partial charge in [0.2, 0.25) is 0 Å². The van der Waals surface area contributed by atoms with Gasteiger partial charge >= 0.3 is 0 Å². The lowest BCUT2D eigenvalue weighted by Gasteiger charge is -2.17. The Morgan fingerprint density at radius 2 is 2.35 bits per heavy atom. The van der Waals surface area contributed by atoms with Gasteiger partial charge in [0.15, 0.2) is 0 Å². The van der Waals surface area contributed by atoms with Gasteiger partial charge in [0, 0.05) is 18.3 Å². The lowest BCUT2D eigenvalue weighted by molar-refractivity contribution is 0.633. The van der Waals surface area contributed by atoms with Crippen molar-refractivity contribution in [2.75, 3.05) is 18.4 Å². The van der Waals surface area contributed by atoms with Crippen LogP contribution in [-0.4, -0.2) is 24.1 Å². The van der Waals surface area contributed by atoms with Crippen LogP contribution < -0.4 is 10.6 Å². The van der Waals surface area contributed by atoms with E-state index in [0.717, 1.165) is 31.0 Å². The van der Waals surface area contributed by atoms with E-state index in [1.165, 1.54) is 12.8 Å². The minimum absolute atomic E-state index is 0.415. The van der Waals surface area contributed by atoms with E-state index in [1.54, 1.807) is 6.07 Å². The molecule has 2 N–H and O–H groups in total. The van der Waals surface area contributed by atoms with Gasteiger partial charge in [-0.25, -0.2) is 4.98 Å². The zero-order valence-corrected chi connectivity index (χ0v) is 10.2. The van der Waals surface area contributed by atoms with Gasteiger partial charge < -0.3 is 10.6 Å². The number of hydrogen-bond acceptors (Lipinski definition) is 4. The van der Waals surface area contributed by atoms with Crippen LogP contribution in [0.3, 0.4) is 0 Å². The van der Waals surface area contributed by atoms with E-state index >= 15 is 0 Å². The first-order valence-corrected chi connectivity index (χ1v) is 6.14. The minimum Gasteiger partial charge on any atom is -0.366 e. The van der Waals surface area contributed by atoms with Gasteiger partial charge in [-0.2, -0.15) is 5.26 Å². The second kappa shape index (κ2) is 5.65. The number of nitrogens with zero attached hydrogens (tertiary/aromatic N) is 2. The average Bonchev–Trinajstić information content (AvgIpc) is 2.57. The fourth-order valence-corrected chi connectivity index (χ4v) is 2.16. The van der Waals surface area contributed by atoms with E-state index < -0.39 is 0 Å². The monoisotopic (exact) mass is 230 g/mol. The van der Waals surface area contributed by atoms with Crippen LogP contribution in [-0.2, 0) is 0 Å². The Hall–Kier alpha value is -1.60. The van der Waals surface area contributed by atoms with E-state index in [1.807, 2.05) is 13.0 Å². The highest BCUT2D eigenvalue weighted by molar-refractivity contribution is 5.45. The summed E-state index contributed by atoms with van der Waals surface area (Å²) in [7, 11) is 0. The third-order valence-corrected chi connectivity index (χ3v) is 2.98. The van der Waals surface area contributed by atoms with Crippen molar-refractivity contribution in [3.63, 3.8) is 0 Å². The van der Waals surface area contributed by atoms with Crippen LogP contribution in [0.4, 0.5) is 5.82 Å². The highest BCUT2D eigenvalue weighted by Gasteiger charge is 2.12. The molecule has 1 fully saturated rings. The summed E-state index contributed by atoms with van der Waals surface area (Å²) in [6.45, 7) is 3.98. The first-order chi connectivity index (χ1) is 8.28. The van der Waals surface area contributed by atoms with Gasteiger partial charge in [-0.3, -0.25) is 0 Å². The lowest BCUT2D eigenvalue weighted by atomic mass is 10.1. The molecule has 2 rings (SSSR count). The second-order valence-corrected chi connectivity index (χ2v) is 4.54. The summed E-state index contributed by atoms with van der Waals surface area (Å²) in [5.74, 6) is 0.815. The molecule has 1 aliphatic rings. The normalized spacial score (nSPS) is 20.4. The van der Waals surface area contributed by atoms with Crippen LogP contribution in [0.2, 0.25) is 0 Å². The lowest BCUT2D eigenvalue weighted by Crippen LogP contribution is -2.31. The SMILES string of the molecule is Cc1cc(C#N)cc(NC2CCCCNC2)n1. The van der Waals surface area contributed by atoms with E-state index in [0.29, 0.717) is 11.6 Å². The molecule has 0 spiro atoms. The molecule has 2 heterocycles. The maximum absolute atomic E-state index is 8.92. The molecule has 4 nitrogen and oxygen atoms in total. The van der Waals surface area contributed by atoms with Crippen LogP contribution in [0.25, 0.3) is 0 Å². The third kappa shape index (κ3) is 3.43.